The molecular weight excluding hydrogens is 190 g/mol. The number of esters is 1. The molecule has 0 N–H and O–H groups in total. The number of hydrogen-bond donors (Lipinski definition) is 0. The number of hydrogen-bond acceptors (Lipinski definition) is 3. The van der Waals surface area contributed by atoms with Crippen LogP contribution in [0.4, 0.5) is 0 Å². The third-order valence-corrected chi connectivity index (χ3v) is 2.11. The van der Waals surface area contributed by atoms with Crippen LogP contribution < -0.4 is 0 Å². The summed E-state index contributed by atoms with van der Waals surface area (Å²) in [4.78, 5) is 15.2. The maximum Gasteiger partial charge on any atom is 0.363 e. The zero-order valence-corrected chi connectivity index (χ0v) is 8.65. The quantitative estimate of drug-likeness (QED) is 0.516. The topological polar surface area (TPSA) is 38.7 Å². The minimum atomic E-state index is -0.381. The standard InChI is InChI=1S/C12H11NO2/c1-8-3-5-10(6-4-8)7-11-12(14)15-9(2)13-11/h3-7H,1-2H3/b11-7-. The van der Waals surface area contributed by atoms with Gasteiger partial charge in [0.15, 0.2) is 11.6 Å². The normalized spacial score (nSPS) is 17.9. The Labute approximate surface area is 88.1 Å². The molecule has 0 unspecified atom stereocenters. The molecule has 0 fully saturated rings. The molecule has 1 aliphatic rings. The van der Waals surface area contributed by atoms with Crippen LogP contribution in [-0.2, 0) is 9.53 Å². The van der Waals surface area contributed by atoms with E-state index in [1.807, 2.05) is 31.2 Å². The van der Waals surface area contributed by atoms with E-state index >= 15 is 0 Å². The summed E-state index contributed by atoms with van der Waals surface area (Å²) in [6.07, 6.45) is 1.72. The smallest absolute Gasteiger partial charge is 0.363 e. The fourth-order valence-electron chi connectivity index (χ4n) is 1.34. The van der Waals surface area contributed by atoms with Gasteiger partial charge < -0.3 is 4.74 Å². The van der Waals surface area contributed by atoms with Crippen LogP contribution in [0.15, 0.2) is 35.0 Å². The van der Waals surface area contributed by atoms with Crippen molar-refractivity contribution in [3.05, 3.63) is 41.1 Å². The number of ether oxygens (including phenoxy) is 1. The molecule has 0 atom stereocenters. The molecule has 0 aliphatic carbocycles. The first-order chi connectivity index (χ1) is 7.15. The maximum atomic E-state index is 11.3. The summed E-state index contributed by atoms with van der Waals surface area (Å²) in [6.45, 7) is 3.68. The van der Waals surface area contributed by atoms with Gasteiger partial charge in [-0.3, -0.25) is 0 Å². The monoisotopic (exact) mass is 201 g/mol. The molecule has 0 aromatic heterocycles. The average molecular weight is 201 g/mol. The van der Waals surface area contributed by atoms with Crippen LogP contribution in [0.5, 0.6) is 0 Å². The van der Waals surface area contributed by atoms with Gasteiger partial charge in [-0.05, 0) is 18.6 Å². The lowest BCUT2D eigenvalue weighted by Gasteiger charge is -1.95. The van der Waals surface area contributed by atoms with Crippen LogP contribution in [0.3, 0.4) is 0 Å². The lowest BCUT2D eigenvalue weighted by atomic mass is 10.1. The molecule has 2 rings (SSSR count). The van der Waals surface area contributed by atoms with E-state index in [1.54, 1.807) is 13.0 Å². The zero-order chi connectivity index (χ0) is 10.8. The number of carbonyl (C=O) groups excluding carboxylic acids is 1. The van der Waals surface area contributed by atoms with Gasteiger partial charge in [0.05, 0.1) is 0 Å². The SMILES string of the molecule is CC1=N/C(=C\c2ccc(C)cc2)C(=O)O1. The first-order valence-corrected chi connectivity index (χ1v) is 4.71. The Kier molecular flexibility index (Phi) is 2.37. The molecule has 3 heteroatoms. The van der Waals surface area contributed by atoms with Crippen LogP contribution >= 0.6 is 0 Å². The molecule has 1 aromatic carbocycles. The Morgan fingerprint density at radius 3 is 2.40 bits per heavy atom. The number of aryl methyl sites for hydroxylation is 1. The van der Waals surface area contributed by atoms with E-state index in [0.717, 1.165) is 5.56 Å². The molecule has 76 valence electrons. The maximum absolute atomic E-state index is 11.3. The van der Waals surface area contributed by atoms with Gasteiger partial charge in [0.25, 0.3) is 0 Å². The lowest BCUT2D eigenvalue weighted by molar-refractivity contribution is -0.130. The minimum Gasteiger partial charge on any atom is -0.407 e. The summed E-state index contributed by atoms with van der Waals surface area (Å²) < 4.78 is 4.81. The highest BCUT2D eigenvalue weighted by molar-refractivity contribution is 6.06. The van der Waals surface area contributed by atoms with Gasteiger partial charge in [-0.15, -0.1) is 0 Å². The molecule has 0 saturated carbocycles. The van der Waals surface area contributed by atoms with Crippen LogP contribution in [0, 0.1) is 6.92 Å². The number of benzene rings is 1. The molecule has 0 bridgehead atoms. The molecule has 0 radical (unpaired) electrons. The van der Waals surface area contributed by atoms with E-state index in [-0.39, 0.29) is 5.97 Å². The number of rotatable bonds is 1. The van der Waals surface area contributed by atoms with E-state index in [9.17, 15) is 4.79 Å². The summed E-state index contributed by atoms with van der Waals surface area (Å²) >= 11 is 0. The number of aliphatic imine (C=N–C) groups is 1. The highest BCUT2D eigenvalue weighted by Gasteiger charge is 2.19. The molecule has 0 saturated heterocycles. The second-order valence-corrected chi connectivity index (χ2v) is 3.46. The highest BCUT2D eigenvalue weighted by atomic mass is 16.6. The lowest BCUT2D eigenvalue weighted by Crippen LogP contribution is -1.99. The van der Waals surface area contributed by atoms with Crippen molar-refractivity contribution >= 4 is 17.9 Å². The van der Waals surface area contributed by atoms with Crippen molar-refractivity contribution in [3.8, 4) is 0 Å². The van der Waals surface area contributed by atoms with Gasteiger partial charge in [-0.2, -0.15) is 0 Å². The van der Waals surface area contributed by atoms with Crippen molar-refractivity contribution in [2.24, 2.45) is 4.99 Å². The average Bonchev–Trinajstić information content (AvgIpc) is 2.49. The Morgan fingerprint density at radius 1 is 1.20 bits per heavy atom. The number of carbonyl (C=O) groups is 1. The van der Waals surface area contributed by atoms with E-state index in [1.165, 1.54) is 5.56 Å². The van der Waals surface area contributed by atoms with E-state index in [2.05, 4.69) is 4.99 Å². The molecule has 0 amide bonds. The zero-order valence-electron chi connectivity index (χ0n) is 8.65. The Morgan fingerprint density at radius 2 is 1.87 bits per heavy atom. The number of cyclic esters (lactones) is 1. The predicted molar refractivity (Wildman–Crippen MR) is 58.4 cm³/mol. The molecule has 15 heavy (non-hydrogen) atoms. The van der Waals surface area contributed by atoms with Gasteiger partial charge in [0.2, 0.25) is 0 Å². The van der Waals surface area contributed by atoms with Crippen molar-refractivity contribution in [1.29, 1.82) is 0 Å². The third kappa shape index (κ3) is 2.13. The minimum absolute atomic E-state index is 0.358. The van der Waals surface area contributed by atoms with Crippen molar-refractivity contribution in [2.45, 2.75) is 13.8 Å². The van der Waals surface area contributed by atoms with Crippen molar-refractivity contribution in [1.82, 2.24) is 0 Å². The Hall–Kier alpha value is -1.90. The van der Waals surface area contributed by atoms with Gasteiger partial charge >= 0.3 is 5.97 Å². The van der Waals surface area contributed by atoms with Crippen LogP contribution in [0.2, 0.25) is 0 Å². The van der Waals surface area contributed by atoms with Crippen molar-refractivity contribution < 1.29 is 9.53 Å². The largest absolute Gasteiger partial charge is 0.407 e. The molecule has 0 spiro atoms. The Balaban J connectivity index is 2.31. The van der Waals surface area contributed by atoms with E-state index < -0.39 is 0 Å². The molecule has 1 aliphatic heterocycles. The van der Waals surface area contributed by atoms with Crippen LogP contribution in [-0.4, -0.2) is 11.9 Å². The summed E-state index contributed by atoms with van der Waals surface area (Å²) in [5.74, 6) is 0.0198. The van der Waals surface area contributed by atoms with E-state index in [0.29, 0.717) is 11.6 Å². The second kappa shape index (κ2) is 3.69. The third-order valence-electron chi connectivity index (χ3n) is 2.11. The summed E-state index contributed by atoms with van der Waals surface area (Å²) in [5, 5.41) is 0. The molecule has 1 heterocycles. The van der Waals surface area contributed by atoms with Gasteiger partial charge in [-0.1, -0.05) is 29.8 Å². The van der Waals surface area contributed by atoms with Crippen molar-refractivity contribution in [2.75, 3.05) is 0 Å². The van der Waals surface area contributed by atoms with Gasteiger partial charge in [0, 0.05) is 6.92 Å². The highest BCUT2D eigenvalue weighted by Crippen LogP contribution is 2.15. The van der Waals surface area contributed by atoms with E-state index in [4.69, 9.17) is 4.74 Å². The first-order valence-electron chi connectivity index (χ1n) is 4.71. The second-order valence-electron chi connectivity index (χ2n) is 3.46. The first kappa shape index (κ1) is 9.65. The molecular formula is C12H11NO2. The molecule has 3 nitrogen and oxygen atoms in total. The van der Waals surface area contributed by atoms with Crippen molar-refractivity contribution in [3.63, 3.8) is 0 Å². The van der Waals surface area contributed by atoms with Gasteiger partial charge in [-0.25, -0.2) is 9.79 Å². The molecule has 1 aromatic rings. The summed E-state index contributed by atoms with van der Waals surface area (Å²) in [7, 11) is 0. The summed E-state index contributed by atoms with van der Waals surface area (Å²) in [5.41, 5.74) is 2.49. The van der Waals surface area contributed by atoms with Crippen LogP contribution in [0.1, 0.15) is 18.1 Å². The summed E-state index contributed by atoms with van der Waals surface area (Å²) in [6, 6.07) is 7.87. The number of nitrogens with zero attached hydrogens (tertiary/aromatic N) is 1. The van der Waals surface area contributed by atoms with Gasteiger partial charge in [0.1, 0.15) is 0 Å². The van der Waals surface area contributed by atoms with Crippen LogP contribution in [0.25, 0.3) is 6.08 Å². The fraction of sp³-hybridized carbons (Fsp3) is 0.167. The predicted octanol–water partition coefficient (Wildman–Crippen LogP) is 2.31. The Bertz CT molecular complexity index is 455. The fourth-order valence-corrected chi connectivity index (χ4v) is 1.34.